The van der Waals surface area contributed by atoms with Crippen LogP contribution in [0.5, 0.6) is 0 Å². The Morgan fingerprint density at radius 2 is 1.86 bits per heavy atom. The van der Waals surface area contributed by atoms with Gasteiger partial charge >= 0.3 is 0 Å². The third-order valence-electron chi connectivity index (χ3n) is 3.08. The molecule has 3 N–H and O–H groups in total. The molecule has 21 heavy (non-hydrogen) atoms. The lowest BCUT2D eigenvalue weighted by molar-refractivity contribution is 0.318. The van der Waals surface area contributed by atoms with Gasteiger partial charge in [-0.1, -0.05) is 47.2 Å². The number of aromatic nitrogens is 1. The summed E-state index contributed by atoms with van der Waals surface area (Å²) in [6.45, 7) is 0. The quantitative estimate of drug-likeness (QED) is 0.336. The number of nitrogens with two attached hydrogens (primary N) is 1. The lowest BCUT2D eigenvalue weighted by atomic mass is 10.1. The number of hydrogen-bond acceptors (Lipinski definition) is 4. The van der Waals surface area contributed by atoms with E-state index in [0.717, 1.165) is 9.92 Å². The summed E-state index contributed by atoms with van der Waals surface area (Å²) in [4.78, 5) is 5.44. The van der Waals surface area contributed by atoms with Gasteiger partial charge in [0, 0.05) is 16.7 Å². The van der Waals surface area contributed by atoms with Gasteiger partial charge in [-0.05, 0) is 35.0 Å². The molecule has 1 heterocycles. The topological polar surface area (TPSA) is 71.5 Å². The standard InChI is InChI=1S/C16H13N3OS/c17-16(19-20)13-6-8-15(18-10-13)21-14-7-5-11-3-1-2-4-12(11)9-14/h1-10,20H,(H2,17,19). The van der Waals surface area contributed by atoms with Gasteiger partial charge in [0.05, 0.1) is 0 Å². The highest BCUT2D eigenvalue weighted by atomic mass is 32.2. The second kappa shape index (κ2) is 5.85. The van der Waals surface area contributed by atoms with Crippen LogP contribution in [0.2, 0.25) is 0 Å². The number of nitrogens with zero attached hydrogens (tertiary/aromatic N) is 2. The molecule has 3 aromatic rings. The van der Waals surface area contributed by atoms with E-state index in [4.69, 9.17) is 10.9 Å². The van der Waals surface area contributed by atoms with E-state index >= 15 is 0 Å². The van der Waals surface area contributed by atoms with Gasteiger partial charge in [-0.25, -0.2) is 4.98 Å². The molecule has 0 spiro atoms. The number of hydrogen-bond donors (Lipinski definition) is 2. The molecular weight excluding hydrogens is 282 g/mol. The van der Waals surface area contributed by atoms with E-state index < -0.39 is 0 Å². The van der Waals surface area contributed by atoms with Crippen LogP contribution in [0.15, 0.2) is 75.9 Å². The molecule has 3 rings (SSSR count). The number of pyridine rings is 1. The van der Waals surface area contributed by atoms with Crippen LogP contribution >= 0.6 is 11.8 Å². The summed E-state index contributed by atoms with van der Waals surface area (Å²) in [5.41, 5.74) is 6.11. The molecule has 104 valence electrons. The van der Waals surface area contributed by atoms with Crippen LogP contribution in [0.4, 0.5) is 0 Å². The predicted molar refractivity (Wildman–Crippen MR) is 84.8 cm³/mol. The van der Waals surface area contributed by atoms with Crippen molar-refractivity contribution >= 4 is 28.4 Å². The molecule has 0 aliphatic heterocycles. The third-order valence-corrected chi connectivity index (χ3v) is 4.02. The molecule has 0 aliphatic carbocycles. The lowest BCUT2D eigenvalue weighted by Crippen LogP contribution is -2.13. The van der Waals surface area contributed by atoms with Gasteiger partial charge < -0.3 is 10.9 Å². The maximum absolute atomic E-state index is 8.62. The Hall–Kier alpha value is -2.53. The van der Waals surface area contributed by atoms with Gasteiger partial charge in [-0.3, -0.25) is 0 Å². The Labute approximate surface area is 126 Å². The van der Waals surface area contributed by atoms with E-state index in [1.54, 1.807) is 24.0 Å². The maximum Gasteiger partial charge on any atom is 0.171 e. The van der Waals surface area contributed by atoms with Gasteiger partial charge in [0.15, 0.2) is 5.84 Å². The molecule has 2 aromatic carbocycles. The van der Waals surface area contributed by atoms with Gasteiger partial charge in [0.2, 0.25) is 0 Å². The number of fused-ring (bicyclic) bond motifs is 1. The molecule has 4 nitrogen and oxygen atoms in total. The number of rotatable bonds is 3. The van der Waals surface area contributed by atoms with Crippen LogP contribution in [0.25, 0.3) is 10.8 Å². The highest BCUT2D eigenvalue weighted by molar-refractivity contribution is 7.99. The highest BCUT2D eigenvalue weighted by Crippen LogP contribution is 2.28. The van der Waals surface area contributed by atoms with E-state index in [1.807, 2.05) is 18.2 Å². The monoisotopic (exact) mass is 295 g/mol. The predicted octanol–water partition coefficient (Wildman–Crippen LogP) is 3.48. The average Bonchev–Trinajstić information content (AvgIpc) is 2.55. The molecule has 0 bridgehead atoms. The smallest absolute Gasteiger partial charge is 0.171 e. The van der Waals surface area contributed by atoms with Crippen molar-refractivity contribution < 1.29 is 5.21 Å². The first-order chi connectivity index (χ1) is 10.3. The fraction of sp³-hybridized carbons (Fsp3) is 0. The maximum atomic E-state index is 8.62. The van der Waals surface area contributed by atoms with E-state index in [2.05, 4.69) is 40.5 Å². The zero-order valence-corrected chi connectivity index (χ0v) is 11.9. The van der Waals surface area contributed by atoms with Crippen LogP contribution in [0.1, 0.15) is 5.56 Å². The first-order valence-electron chi connectivity index (χ1n) is 6.37. The van der Waals surface area contributed by atoms with Crippen molar-refractivity contribution in [1.82, 2.24) is 4.98 Å². The Balaban J connectivity index is 1.84. The summed E-state index contributed by atoms with van der Waals surface area (Å²) < 4.78 is 0. The number of oxime groups is 1. The van der Waals surface area contributed by atoms with E-state index in [1.165, 1.54) is 10.8 Å². The highest BCUT2D eigenvalue weighted by Gasteiger charge is 2.03. The molecule has 1 aromatic heterocycles. The number of benzene rings is 2. The molecule has 0 saturated heterocycles. The minimum atomic E-state index is 0.0600. The van der Waals surface area contributed by atoms with E-state index in [9.17, 15) is 0 Å². The lowest BCUT2D eigenvalue weighted by Gasteiger charge is -2.04. The fourth-order valence-electron chi connectivity index (χ4n) is 2.00. The van der Waals surface area contributed by atoms with Crippen molar-refractivity contribution in [2.24, 2.45) is 10.9 Å². The summed E-state index contributed by atoms with van der Waals surface area (Å²) >= 11 is 1.58. The normalized spacial score (nSPS) is 11.7. The second-order valence-electron chi connectivity index (χ2n) is 4.48. The van der Waals surface area contributed by atoms with E-state index in [0.29, 0.717) is 5.56 Å². The largest absolute Gasteiger partial charge is 0.409 e. The Bertz CT molecular complexity index is 800. The summed E-state index contributed by atoms with van der Waals surface area (Å²) in [5, 5.41) is 14.9. The van der Waals surface area contributed by atoms with Crippen molar-refractivity contribution in [3.05, 3.63) is 66.4 Å². The van der Waals surface area contributed by atoms with Crippen molar-refractivity contribution in [2.75, 3.05) is 0 Å². The summed E-state index contributed by atoms with van der Waals surface area (Å²) in [5.74, 6) is 0.0600. The van der Waals surface area contributed by atoms with Crippen LogP contribution in [-0.2, 0) is 0 Å². The average molecular weight is 295 g/mol. The minimum Gasteiger partial charge on any atom is -0.409 e. The number of amidine groups is 1. The Morgan fingerprint density at radius 3 is 2.57 bits per heavy atom. The molecule has 0 amide bonds. The SMILES string of the molecule is N/C(=N\O)c1ccc(Sc2ccc3ccccc3c2)nc1. The van der Waals surface area contributed by atoms with Crippen molar-refractivity contribution in [3.63, 3.8) is 0 Å². The molecule has 0 radical (unpaired) electrons. The minimum absolute atomic E-state index is 0.0600. The molecule has 0 unspecified atom stereocenters. The zero-order valence-electron chi connectivity index (χ0n) is 11.1. The van der Waals surface area contributed by atoms with Crippen LogP contribution in [0.3, 0.4) is 0 Å². The van der Waals surface area contributed by atoms with Crippen LogP contribution in [-0.4, -0.2) is 16.0 Å². The van der Waals surface area contributed by atoms with Crippen molar-refractivity contribution in [1.29, 1.82) is 0 Å². The molecule has 0 fully saturated rings. The summed E-state index contributed by atoms with van der Waals surface area (Å²) in [6, 6.07) is 18.2. The van der Waals surface area contributed by atoms with Gasteiger partial charge in [0.25, 0.3) is 0 Å². The first-order valence-corrected chi connectivity index (χ1v) is 7.18. The van der Waals surface area contributed by atoms with Crippen molar-refractivity contribution in [3.8, 4) is 0 Å². The zero-order chi connectivity index (χ0) is 14.7. The van der Waals surface area contributed by atoms with Crippen LogP contribution in [0, 0.1) is 0 Å². The summed E-state index contributed by atoms with van der Waals surface area (Å²) in [7, 11) is 0. The van der Waals surface area contributed by atoms with Gasteiger partial charge in [0.1, 0.15) is 5.03 Å². The third kappa shape index (κ3) is 2.98. The molecular formula is C16H13N3OS. The second-order valence-corrected chi connectivity index (χ2v) is 5.58. The molecule has 0 aliphatic rings. The molecule has 0 saturated carbocycles. The van der Waals surface area contributed by atoms with Crippen LogP contribution < -0.4 is 5.73 Å². The van der Waals surface area contributed by atoms with Crippen molar-refractivity contribution in [2.45, 2.75) is 9.92 Å². The van der Waals surface area contributed by atoms with E-state index in [-0.39, 0.29) is 5.84 Å². The van der Waals surface area contributed by atoms with Gasteiger partial charge in [-0.15, -0.1) is 0 Å². The molecule has 0 atom stereocenters. The Morgan fingerprint density at radius 1 is 1.05 bits per heavy atom. The first kappa shape index (κ1) is 13.5. The molecule has 5 heteroatoms. The Kier molecular flexibility index (Phi) is 3.75. The fourth-order valence-corrected chi connectivity index (χ4v) is 2.81. The summed E-state index contributed by atoms with van der Waals surface area (Å²) in [6.07, 6.45) is 1.60. The van der Waals surface area contributed by atoms with Gasteiger partial charge in [-0.2, -0.15) is 0 Å².